The first-order valence-corrected chi connectivity index (χ1v) is 5.69. The van der Waals surface area contributed by atoms with Gasteiger partial charge in [0.15, 0.2) is 0 Å². The van der Waals surface area contributed by atoms with Gasteiger partial charge in [-0.3, -0.25) is 0 Å². The maximum Gasteiger partial charge on any atom is 0.124 e. The van der Waals surface area contributed by atoms with Crippen LogP contribution < -0.4 is 5.73 Å². The van der Waals surface area contributed by atoms with Gasteiger partial charge in [0, 0.05) is 4.47 Å². The van der Waals surface area contributed by atoms with Crippen LogP contribution in [0.3, 0.4) is 0 Å². The maximum absolute atomic E-state index is 13.2. The van der Waals surface area contributed by atoms with Crippen molar-refractivity contribution in [3.05, 3.63) is 33.5 Å². The molecule has 14 heavy (non-hydrogen) atoms. The van der Waals surface area contributed by atoms with Crippen molar-refractivity contribution in [3.63, 3.8) is 0 Å². The molecule has 1 aromatic rings. The predicted molar refractivity (Wildman–Crippen MR) is 58.8 cm³/mol. The van der Waals surface area contributed by atoms with Crippen LogP contribution in [0.4, 0.5) is 4.39 Å². The van der Waals surface area contributed by atoms with E-state index in [1.54, 1.807) is 6.07 Å². The lowest BCUT2D eigenvalue weighted by Crippen LogP contribution is -2.18. The first-order chi connectivity index (χ1) is 6.72. The number of hydrogen-bond acceptors (Lipinski definition) is 1. The lowest BCUT2D eigenvalue weighted by molar-refractivity contribution is 0.547. The van der Waals surface area contributed by atoms with E-state index in [2.05, 4.69) is 15.9 Å². The van der Waals surface area contributed by atoms with Crippen LogP contribution in [0.15, 0.2) is 16.6 Å². The minimum absolute atomic E-state index is 0.170. The number of rotatable bonds is 1. The molecule has 0 saturated carbocycles. The molecule has 1 nitrogen and oxygen atoms in total. The standard InChI is InChI=1S/C11H13BrFN/c12-11-5-8(13)4-10-7(6-14)2-1-3-9(10)11/h4-5,7H,1-3,6,14H2. The molecular weight excluding hydrogens is 245 g/mol. The van der Waals surface area contributed by atoms with Crippen LogP contribution >= 0.6 is 15.9 Å². The molecule has 0 aromatic heterocycles. The first-order valence-electron chi connectivity index (χ1n) is 4.90. The van der Waals surface area contributed by atoms with Crippen LogP contribution in [0, 0.1) is 5.82 Å². The summed E-state index contributed by atoms with van der Waals surface area (Å²) >= 11 is 3.41. The van der Waals surface area contributed by atoms with Gasteiger partial charge in [0.1, 0.15) is 5.82 Å². The quantitative estimate of drug-likeness (QED) is 0.823. The molecule has 0 heterocycles. The number of nitrogens with two attached hydrogens (primary N) is 1. The van der Waals surface area contributed by atoms with E-state index in [1.807, 2.05) is 0 Å². The third-order valence-corrected chi connectivity index (χ3v) is 3.61. The number of fused-ring (bicyclic) bond motifs is 1. The van der Waals surface area contributed by atoms with Crippen molar-refractivity contribution < 1.29 is 4.39 Å². The van der Waals surface area contributed by atoms with Gasteiger partial charge in [0.25, 0.3) is 0 Å². The Morgan fingerprint density at radius 3 is 3.00 bits per heavy atom. The van der Waals surface area contributed by atoms with Crippen molar-refractivity contribution in [1.29, 1.82) is 0 Å². The fraction of sp³-hybridized carbons (Fsp3) is 0.455. The second-order valence-corrected chi connectivity index (χ2v) is 4.63. The molecule has 1 aliphatic rings. The van der Waals surface area contributed by atoms with Crippen LogP contribution in [-0.4, -0.2) is 6.54 Å². The van der Waals surface area contributed by atoms with E-state index < -0.39 is 0 Å². The van der Waals surface area contributed by atoms with E-state index in [1.165, 1.54) is 11.6 Å². The Labute approximate surface area is 91.6 Å². The van der Waals surface area contributed by atoms with Gasteiger partial charge in [-0.1, -0.05) is 15.9 Å². The summed E-state index contributed by atoms with van der Waals surface area (Å²) in [4.78, 5) is 0. The Kier molecular flexibility index (Phi) is 2.88. The summed E-state index contributed by atoms with van der Waals surface area (Å²) in [6.45, 7) is 0.614. The van der Waals surface area contributed by atoms with Gasteiger partial charge in [0.05, 0.1) is 0 Å². The monoisotopic (exact) mass is 257 g/mol. The topological polar surface area (TPSA) is 26.0 Å². The Morgan fingerprint density at radius 1 is 1.50 bits per heavy atom. The molecule has 1 aromatic carbocycles. The normalized spacial score (nSPS) is 20.6. The van der Waals surface area contributed by atoms with E-state index >= 15 is 0 Å². The van der Waals surface area contributed by atoms with Gasteiger partial charge in [-0.05, 0) is 55.0 Å². The summed E-state index contributed by atoms with van der Waals surface area (Å²) in [5.74, 6) is 0.168. The molecule has 3 heteroatoms. The number of benzene rings is 1. The van der Waals surface area contributed by atoms with Gasteiger partial charge in [-0.25, -0.2) is 4.39 Å². The van der Waals surface area contributed by atoms with Crippen LogP contribution in [0.2, 0.25) is 0 Å². The maximum atomic E-state index is 13.2. The van der Waals surface area contributed by atoms with E-state index in [0.29, 0.717) is 12.5 Å². The highest BCUT2D eigenvalue weighted by molar-refractivity contribution is 9.10. The summed E-state index contributed by atoms with van der Waals surface area (Å²) in [7, 11) is 0. The van der Waals surface area contributed by atoms with Crippen molar-refractivity contribution in [3.8, 4) is 0 Å². The van der Waals surface area contributed by atoms with Crippen molar-refractivity contribution in [1.82, 2.24) is 0 Å². The van der Waals surface area contributed by atoms with Crippen molar-refractivity contribution >= 4 is 15.9 Å². The molecule has 0 bridgehead atoms. The van der Waals surface area contributed by atoms with Crippen molar-refractivity contribution in [2.45, 2.75) is 25.2 Å². The Hall–Kier alpha value is -0.410. The molecule has 0 aliphatic heterocycles. The zero-order valence-electron chi connectivity index (χ0n) is 7.89. The highest BCUT2D eigenvalue weighted by atomic mass is 79.9. The molecule has 1 aliphatic carbocycles. The molecular formula is C11H13BrFN. The summed E-state index contributed by atoms with van der Waals surface area (Å²) in [5.41, 5.74) is 8.03. The largest absolute Gasteiger partial charge is 0.330 e. The Morgan fingerprint density at radius 2 is 2.29 bits per heavy atom. The fourth-order valence-corrected chi connectivity index (χ4v) is 2.82. The lowest BCUT2D eigenvalue weighted by Gasteiger charge is -2.25. The first kappa shape index (κ1) is 10.1. The van der Waals surface area contributed by atoms with Gasteiger partial charge in [0.2, 0.25) is 0 Å². The molecule has 2 N–H and O–H groups in total. The molecule has 0 fully saturated rings. The molecule has 1 atom stereocenters. The van der Waals surface area contributed by atoms with Crippen LogP contribution in [0.5, 0.6) is 0 Å². The van der Waals surface area contributed by atoms with Gasteiger partial charge in [-0.15, -0.1) is 0 Å². The van der Waals surface area contributed by atoms with Gasteiger partial charge in [-0.2, -0.15) is 0 Å². The van der Waals surface area contributed by atoms with E-state index in [-0.39, 0.29) is 5.82 Å². The Bertz CT molecular complexity index is 351. The molecule has 0 radical (unpaired) electrons. The van der Waals surface area contributed by atoms with Crippen molar-refractivity contribution in [2.75, 3.05) is 6.54 Å². The zero-order valence-corrected chi connectivity index (χ0v) is 9.48. The minimum atomic E-state index is -0.170. The summed E-state index contributed by atoms with van der Waals surface area (Å²) in [6, 6.07) is 3.18. The van der Waals surface area contributed by atoms with E-state index in [0.717, 1.165) is 29.3 Å². The van der Waals surface area contributed by atoms with Crippen molar-refractivity contribution in [2.24, 2.45) is 5.73 Å². The summed E-state index contributed by atoms with van der Waals surface area (Å²) in [6.07, 6.45) is 3.27. The third kappa shape index (κ3) is 1.71. The molecule has 2 rings (SSSR count). The minimum Gasteiger partial charge on any atom is -0.330 e. The van der Waals surface area contributed by atoms with Crippen LogP contribution in [-0.2, 0) is 6.42 Å². The number of halogens is 2. The number of hydrogen-bond donors (Lipinski definition) is 1. The highest BCUT2D eigenvalue weighted by Gasteiger charge is 2.21. The molecule has 1 unspecified atom stereocenters. The Balaban J connectivity index is 2.51. The fourth-order valence-electron chi connectivity index (χ4n) is 2.18. The van der Waals surface area contributed by atoms with Crippen LogP contribution in [0.25, 0.3) is 0 Å². The predicted octanol–water partition coefficient (Wildman–Crippen LogP) is 2.97. The zero-order chi connectivity index (χ0) is 10.1. The average Bonchev–Trinajstić information content (AvgIpc) is 2.17. The summed E-state index contributed by atoms with van der Waals surface area (Å²) in [5, 5.41) is 0. The third-order valence-electron chi connectivity index (χ3n) is 2.90. The molecule has 76 valence electrons. The second kappa shape index (κ2) is 3.99. The SMILES string of the molecule is NCC1CCCc2c(Br)cc(F)cc21. The second-order valence-electron chi connectivity index (χ2n) is 3.78. The lowest BCUT2D eigenvalue weighted by atomic mass is 9.83. The molecule has 0 amide bonds. The van der Waals surface area contributed by atoms with Gasteiger partial charge >= 0.3 is 0 Å². The van der Waals surface area contributed by atoms with Crippen LogP contribution in [0.1, 0.15) is 29.9 Å². The molecule has 0 saturated heterocycles. The summed E-state index contributed by atoms with van der Waals surface area (Å²) < 4.78 is 14.1. The van der Waals surface area contributed by atoms with E-state index in [4.69, 9.17) is 5.73 Å². The average molecular weight is 258 g/mol. The van der Waals surface area contributed by atoms with Gasteiger partial charge < -0.3 is 5.73 Å². The smallest absolute Gasteiger partial charge is 0.124 e. The van der Waals surface area contributed by atoms with E-state index in [9.17, 15) is 4.39 Å². The molecule has 0 spiro atoms. The highest BCUT2D eigenvalue weighted by Crippen LogP contribution is 2.35.